The first-order valence-corrected chi connectivity index (χ1v) is 10.5. The maximum absolute atomic E-state index is 13.3. The van der Waals surface area contributed by atoms with E-state index in [9.17, 15) is 14.4 Å². The number of aliphatic carboxylic acids is 1. The molecule has 1 saturated heterocycles. The van der Waals surface area contributed by atoms with Gasteiger partial charge in [-0.1, -0.05) is 24.3 Å². The summed E-state index contributed by atoms with van der Waals surface area (Å²) in [4.78, 5) is 38.8. The van der Waals surface area contributed by atoms with Crippen molar-refractivity contribution in [2.75, 3.05) is 13.1 Å². The lowest BCUT2D eigenvalue weighted by Gasteiger charge is -2.38. The highest BCUT2D eigenvalue weighted by Gasteiger charge is 2.38. The number of carbonyl (C=O) groups is 3. The van der Waals surface area contributed by atoms with Crippen molar-refractivity contribution < 1.29 is 19.5 Å². The summed E-state index contributed by atoms with van der Waals surface area (Å²) in [7, 11) is 0. The van der Waals surface area contributed by atoms with Gasteiger partial charge in [-0.05, 0) is 51.7 Å². The van der Waals surface area contributed by atoms with Crippen LogP contribution in [0.1, 0.15) is 56.0 Å². The van der Waals surface area contributed by atoms with Crippen molar-refractivity contribution in [3.63, 3.8) is 0 Å². The molecule has 2 amide bonds. The van der Waals surface area contributed by atoms with Crippen molar-refractivity contribution in [3.05, 3.63) is 47.5 Å². The highest BCUT2D eigenvalue weighted by Crippen LogP contribution is 2.26. The van der Waals surface area contributed by atoms with Crippen molar-refractivity contribution in [2.45, 2.75) is 45.6 Å². The summed E-state index contributed by atoms with van der Waals surface area (Å²) in [6.07, 6.45) is 5.05. The van der Waals surface area contributed by atoms with E-state index in [2.05, 4.69) is 5.32 Å². The Labute approximate surface area is 183 Å². The zero-order valence-corrected chi connectivity index (χ0v) is 18.4. The number of piperidine rings is 1. The van der Waals surface area contributed by atoms with Gasteiger partial charge in [-0.25, -0.2) is 0 Å². The van der Waals surface area contributed by atoms with Crippen molar-refractivity contribution >= 4 is 23.6 Å². The molecule has 1 aliphatic heterocycles. The Hall–Kier alpha value is -3.16. The number of nitrogens with one attached hydrogen (secondary N) is 2. The first-order chi connectivity index (χ1) is 14.5. The number of carboxylic acid groups (broad SMARTS) is 1. The average molecular weight is 429 g/mol. The minimum absolute atomic E-state index is 0.0712. The quantitative estimate of drug-likeness (QED) is 0.286. The Kier molecular flexibility index (Phi) is 7.96. The van der Waals surface area contributed by atoms with Crippen LogP contribution >= 0.6 is 0 Å². The summed E-state index contributed by atoms with van der Waals surface area (Å²) in [6.45, 7) is 6.49. The second-order valence-electron chi connectivity index (χ2n) is 8.54. The van der Waals surface area contributed by atoms with Gasteiger partial charge in [-0.15, -0.1) is 0 Å². The van der Waals surface area contributed by atoms with E-state index in [1.807, 2.05) is 20.8 Å². The molecule has 0 saturated carbocycles. The van der Waals surface area contributed by atoms with Gasteiger partial charge in [0.2, 0.25) is 5.91 Å². The van der Waals surface area contributed by atoms with Crippen molar-refractivity contribution in [3.8, 4) is 0 Å². The predicted molar refractivity (Wildman–Crippen MR) is 119 cm³/mol. The molecule has 0 radical (unpaired) electrons. The number of carbonyl (C=O) groups excluding carboxylic acids is 2. The summed E-state index contributed by atoms with van der Waals surface area (Å²) in [5, 5.41) is 19.4. The smallest absolute Gasteiger partial charge is 0.303 e. The molecule has 1 heterocycles. The molecule has 1 aliphatic rings. The van der Waals surface area contributed by atoms with Crippen LogP contribution < -0.4 is 11.1 Å². The van der Waals surface area contributed by atoms with Crippen molar-refractivity contribution in [2.24, 2.45) is 17.6 Å². The van der Waals surface area contributed by atoms with Gasteiger partial charge < -0.3 is 21.1 Å². The second kappa shape index (κ2) is 10.2. The first-order valence-electron chi connectivity index (χ1n) is 10.5. The van der Waals surface area contributed by atoms with E-state index in [0.717, 1.165) is 0 Å². The van der Waals surface area contributed by atoms with Gasteiger partial charge in [-0.3, -0.25) is 19.8 Å². The molecule has 0 bridgehead atoms. The largest absolute Gasteiger partial charge is 0.481 e. The minimum Gasteiger partial charge on any atom is -0.481 e. The van der Waals surface area contributed by atoms with Crippen LogP contribution in [0.5, 0.6) is 0 Å². The number of nitrogens with zero attached hydrogens (tertiary/aromatic N) is 1. The van der Waals surface area contributed by atoms with E-state index in [4.69, 9.17) is 16.2 Å². The number of allylic oxidation sites excluding steroid dienone is 1. The molecule has 8 heteroatoms. The van der Waals surface area contributed by atoms with Crippen LogP contribution in [0, 0.1) is 17.2 Å². The van der Waals surface area contributed by atoms with Crippen LogP contribution in [0.3, 0.4) is 0 Å². The summed E-state index contributed by atoms with van der Waals surface area (Å²) >= 11 is 0. The molecule has 5 N–H and O–H groups in total. The number of likely N-dealkylation sites (tertiary alicyclic amines) is 1. The monoisotopic (exact) mass is 428 g/mol. The molecule has 1 aromatic rings. The lowest BCUT2D eigenvalue weighted by Crippen LogP contribution is -2.55. The number of amides is 2. The lowest BCUT2D eigenvalue weighted by molar-refractivity contribution is -0.139. The summed E-state index contributed by atoms with van der Waals surface area (Å²) in [6, 6.07) is 6.42. The normalized spacial score (nSPS) is 16.2. The van der Waals surface area contributed by atoms with Crippen LogP contribution in [-0.4, -0.2) is 52.3 Å². The molecule has 0 spiro atoms. The number of rotatable bonds is 8. The second-order valence-corrected chi connectivity index (χ2v) is 8.54. The highest BCUT2D eigenvalue weighted by atomic mass is 16.4. The zero-order valence-electron chi connectivity index (χ0n) is 18.4. The molecule has 1 fully saturated rings. The number of amidine groups is 1. The molecule has 1 aromatic carbocycles. The molecular formula is C23H32N4O4. The van der Waals surface area contributed by atoms with Crippen LogP contribution in [0.4, 0.5) is 0 Å². The topological polar surface area (TPSA) is 137 Å². The van der Waals surface area contributed by atoms with Gasteiger partial charge in [0.15, 0.2) is 0 Å². The predicted octanol–water partition coefficient (Wildman–Crippen LogP) is 2.38. The maximum Gasteiger partial charge on any atom is 0.303 e. The third kappa shape index (κ3) is 6.41. The molecule has 0 aromatic heterocycles. The van der Waals surface area contributed by atoms with E-state index in [-0.39, 0.29) is 30.0 Å². The zero-order chi connectivity index (χ0) is 23.2. The molecule has 2 rings (SSSR count). The van der Waals surface area contributed by atoms with E-state index in [1.54, 1.807) is 41.3 Å². The van der Waals surface area contributed by atoms with E-state index in [1.165, 1.54) is 0 Å². The molecule has 1 atom stereocenters. The molecule has 0 aliphatic carbocycles. The van der Waals surface area contributed by atoms with Gasteiger partial charge in [0, 0.05) is 36.2 Å². The fraction of sp³-hybridized carbons (Fsp3) is 0.478. The Morgan fingerprint density at radius 1 is 1.23 bits per heavy atom. The summed E-state index contributed by atoms with van der Waals surface area (Å²) in [5.41, 5.74) is 5.55. The van der Waals surface area contributed by atoms with Crippen molar-refractivity contribution in [1.29, 1.82) is 5.41 Å². The van der Waals surface area contributed by atoms with E-state index in [0.29, 0.717) is 37.1 Å². The average Bonchev–Trinajstić information content (AvgIpc) is 2.71. The lowest BCUT2D eigenvalue weighted by atomic mass is 9.84. The van der Waals surface area contributed by atoms with Gasteiger partial charge >= 0.3 is 5.97 Å². The van der Waals surface area contributed by atoms with Crippen LogP contribution in [-0.2, 0) is 9.59 Å². The molecule has 8 nitrogen and oxygen atoms in total. The number of benzene rings is 1. The first kappa shape index (κ1) is 24.1. The molecule has 31 heavy (non-hydrogen) atoms. The SMILES string of the molecule is CC=CC(C(=O)N1CCC(CC(=O)O)CC1)C(C)(C)NC(=O)c1ccc(C(=N)N)cc1. The number of carboxylic acids is 1. The van der Waals surface area contributed by atoms with Gasteiger partial charge in [0.05, 0.1) is 5.92 Å². The molecule has 168 valence electrons. The van der Waals surface area contributed by atoms with E-state index < -0.39 is 17.4 Å². The summed E-state index contributed by atoms with van der Waals surface area (Å²) in [5.74, 6) is -1.75. The number of hydrogen-bond donors (Lipinski definition) is 4. The summed E-state index contributed by atoms with van der Waals surface area (Å²) < 4.78 is 0. The number of nitrogens with two attached hydrogens (primary N) is 1. The Morgan fingerprint density at radius 2 is 1.77 bits per heavy atom. The molecule has 1 unspecified atom stereocenters. The highest BCUT2D eigenvalue weighted by molar-refractivity contribution is 5.98. The standard InChI is InChI=1S/C23H32N4O4/c1-4-5-18(22(31)27-12-10-15(11-13-27)14-19(28)29)23(2,3)26-21(30)17-8-6-16(7-9-17)20(24)25/h4-9,15,18H,10-14H2,1-3H3,(H3,24,25)(H,26,30)(H,28,29). The van der Waals surface area contributed by atoms with Crippen LogP contribution in [0.25, 0.3) is 0 Å². The third-order valence-electron chi connectivity index (χ3n) is 5.71. The van der Waals surface area contributed by atoms with Gasteiger partial charge in [-0.2, -0.15) is 0 Å². The Balaban J connectivity index is 2.09. The Morgan fingerprint density at radius 3 is 2.26 bits per heavy atom. The number of hydrogen-bond acceptors (Lipinski definition) is 4. The maximum atomic E-state index is 13.3. The molecular weight excluding hydrogens is 396 g/mol. The number of nitrogen functional groups attached to an aromatic ring is 1. The van der Waals surface area contributed by atoms with Gasteiger partial charge in [0.25, 0.3) is 5.91 Å². The fourth-order valence-corrected chi connectivity index (χ4v) is 3.87. The fourth-order valence-electron chi connectivity index (χ4n) is 3.87. The minimum atomic E-state index is -0.849. The van der Waals surface area contributed by atoms with E-state index >= 15 is 0 Å². The van der Waals surface area contributed by atoms with Crippen LogP contribution in [0.2, 0.25) is 0 Å². The van der Waals surface area contributed by atoms with Crippen molar-refractivity contribution in [1.82, 2.24) is 10.2 Å². The third-order valence-corrected chi connectivity index (χ3v) is 5.71. The van der Waals surface area contributed by atoms with Crippen LogP contribution in [0.15, 0.2) is 36.4 Å². The Bertz CT molecular complexity index is 853. The van der Waals surface area contributed by atoms with Gasteiger partial charge in [0.1, 0.15) is 5.84 Å².